The Labute approximate surface area is 172 Å². The zero-order valence-corrected chi connectivity index (χ0v) is 18.1. The lowest BCUT2D eigenvalue weighted by atomic mass is 10.0. The highest BCUT2D eigenvalue weighted by atomic mass is 28.3. The molecule has 1 heterocycles. The summed E-state index contributed by atoms with van der Waals surface area (Å²) in [4.78, 5) is 28.1. The molecular weight excluding hydrogens is 376 g/mol. The SMILES string of the molecule is C[Si](C)(C)CNC(=O)C1c2ccccc2C(=O)N1Cc1cccc2ccccc12. The highest BCUT2D eigenvalue weighted by Gasteiger charge is 2.41. The van der Waals surface area contributed by atoms with Gasteiger partial charge < -0.3 is 10.2 Å². The third kappa shape index (κ3) is 3.83. The summed E-state index contributed by atoms with van der Waals surface area (Å²) in [6, 6.07) is 21.1. The molecule has 1 N–H and O–H groups in total. The van der Waals surface area contributed by atoms with E-state index in [0.717, 1.165) is 21.9 Å². The van der Waals surface area contributed by atoms with E-state index in [-0.39, 0.29) is 11.8 Å². The van der Waals surface area contributed by atoms with Gasteiger partial charge in [0.15, 0.2) is 0 Å². The largest absolute Gasteiger partial charge is 0.357 e. The Morgan fingerprint density at radius 1 is 0.966 bits per heavy atom. The maximum atomic E-state index is 13.2. The highest BCUT2D eigenvalue weighted by molar-refractivity contribution is 6.76. The van der Waals surface area contributed by atoms with E-state index in [4.69, 9.17) is 0 Å². The van der Waals surface area contributed by atoms with Crippen LogP contribution in [0, 0.1) is 0 Å². The van der Waals surface area contributed by atoms with Crippen LogP contribution in [0.4, 0.5) is 0 Å². The molecule has 0 bridgehead atoms. The maximum absolute atomic E-state index is 13.2. The van der Waals surface area contributed by atoms with Crippen molar-refractivity contribution in [2.45, 2.75) is 32.2 Å². The van der Waals surface area contributed by atoms with Crippen molar-refractivity contribution >= 4 is 30.7 Å². The number of carbonyl (C=O) groups is 2. The molecule has 4 nitrogen and oxygen atoms in total. The first-order valence-corrected chi connectivity index (χ1v) is 13.7. The monoisotopic (exact) mass is 402 g/mol. The Morgan fingerprint density at radius 2 is 1.66 bits per heavy atom. The van der Waals surface area contributed by atoms with E-state index < -0.39 is 14.1 Å². The van der Waals surface area contributed by atoms with Gasteiger partial charge in [0.1, 0.15) is 6.04 Å². The van der Waals surface area contributed by atoms with E-state index in [9.17, 15) is 9.59 Å². The van der Waals surface area contributed by atoms with Crippen LogP contribution >= 0.6 is 0 Å². The van der Waals surface area contributed by atoms with Crippen LogP contribution in [0.2, 0.25) is 19.6 Å². The Bertz CT molecular complexity index is 1080. The number of amides is 2. The van der Waals surface area contributed by atoms with Crippen molar-refractivity contribution in [1.29, 1.82) is 0 Å². The first-order valence-electron chi connectivity index (χ1n) is 9.99. The fourth-order valence-corrected chi connectivity index (χ4v) is 4.58. The molecule has 4 rings (SSSR count). The molecule has 0 aliphatic carbocycles. The van der Waals surface area contributed by atoms with Gasteiger partial charge in [-0.1, -0.05) is 80.3 Å². The molecule has 5 heteroatoms. The van der Waals surface area contributed by atoms with Gasteiger partial charge in [0.2, 0.25) is 5.91 Å². The van der Waals surface area contributed by atoms with Crippen molar-refractivity contribution in [3.63, 3.8) is 0 Å². The first-order chi connectivity index (χ1) is 13.8. The second-order valence-corrected chi connectivity index (χ2v) is 14.3. The van der Waals surface area contributed by atoms with Crippen LogP contribution in [0.15, 0.2) is 66.7 Å². The zero-order valence-electron chi connectivity index (χ0n) is 17.1. The van der Waals surface area contributed by atoms with Crippen molar-refractivity contribution in [3.05, 3.63) is 83.4 Å². The summed E-state index contributed by atoms with van der Waals surface area (Å²) >= 11 is 0. The Balaban J connectivity index is 1.70. The number of benzene rings is 3. The van der Waals surface area contributed by atoms with Gasteiger partial charge in [-0.3, -0.25) is 9.59 Å². The maximum Gasteiger partial charge on any atom is 0.255 e. The van der Waals surface area contributed by atoms with E-state index in [2.05, 4.69) is 43.2 Å². The van der Waals surface area contributed by atoms with Crippen LogP contribution in [0.25, 0.3) is 10.8 Å². The summed E-state index contributed by atoms with van der Waals surface area (Å²) in [6.07, 6.45) is 0.695. The molecule has 1 unspecified atom stereocenters. The summed E-state index contributed by atoms with van der Waals surface area (Å²) in [6.45, 7) is 7.05. The Kier molecular flexibility index (Phi) is 5.00. The first kappa shape index (κ1) is 19.4. The van der Waals surface area contributed by atoms with Crippen molar-refractivity contribution in [1.82, 2.24) is 10.2 Å². The number of hydrogen-bond donors (Lipinski definition) is 1. The van der Waals surface area contributed by atoms with Crippen molar-refractivity contribution < 1.29 is 9.59 Å². The van der Waals surface area contributed by atoms with Crippen LogP contribution in [0.3, 0.4) is 0 Å². The lowest BCUT2D eigenvalue weighted by molar-refractivity contribution is -0.125. The minimum absolute atomic E-state index is 0.0818. The highest BCUT2D eigenvalue weighted by Crippen LogP contribution is 2.36. The van der Waals surface area contributed by atoms with Gasteiger partial charge in [0.05, 0.1) is 8.07 Å². The quantitative estimate of drug-likeness (QED) is 0.638. The minimum atomic E-state index is -1.45. The van der Waals surface area contributed by atoms with Crippen LogP contribution in [-0.4, -0.2) is 31.0 Å². The Morgan fingerprint density at radius 3 is 2.45 bits per heavy atom. The van der Waals surface area contributed by atoms with E-state index in [0.29, 0.717) is 18.3 Å². The molecule has 0 saturated heterocycles. The molecule has 1 atom stereocenters. The predicted molar refractivity (Wildman–Crippen MR) is 119 cm³/mol. The standard InChI is InChI=1S/C24H26N2O2Si/c1-29(2,3)16-25-23(27)22-20-13-6-7-14-21(20)24(28)26(22)15-18-11-8-10-17-9-4-5-12-19(17)18/h4-14,22H,15-16H2,1-3H3,(H,25,27). The van der Waals surface area contributed by atoms with Gasteiger partial charge >= 0.3 is 0 Å². The van der Waals surface area contributed by atoms with E-state index in [1.54, 1.807) is 4.90 Å². The summed E-state index contributed by atoms with van der Waals surface area (Å²) in [5, 5.41) is 5.35. The molecular formula is C24H26N2O2Si. The van der Waals surface area contributed by atoms with E-state index in [1.807, 2.05) is 48.5 Å². The lowest BCUT2D eigenvalue weighted by Gasteiger charge is -2.26. The van der Waals surface area contributed by atoms with Crippen molar-refractivity contribution in [2.75, 3.05) is 6.17 Å². The normalized spacial score (nSPS) is 16.2. The number of fused-ring (bicyclic) bond motifs is 2. The third-order valence-corrected chi connectivity index (χ3v) is 6.56. The molecule has 0 saturated carbocycles. The van der Waals surface area contributed by atoms with Crippen molar-refractivity contribution in [3.8, 4) is 0 Å². The lowest BCUT2D eigenvalue weighted by Crippen LogP contribution is -2.45. The molecule has 0 radical (unpaired) electrons. The van der Waals surface area contributed by atoms with E-state index in [1.165, 1.54) is 0 Å². The molecule has 1 aliphatic heterocycles. The topological polar surface area (TPSA) is 49.4 Å². The average Bonchev–Trinajstić information content (AvgIpc) is 2.98. The fraction of sp³-hybridized carbons (Fsp3) is 0.250. The number of nitrogens with one attached hydrogen (secondary N) is 1. The predicted octanol–water partition coefficient (Wildman–Crippen LogP) is 4.53. The van der Waals surface area contributed by atoms with Gasteiger partial charge in [-0.2, -0.15) is 0 Å². The average molecular weight is 403 g/mol. The molecule has 148 valence electrons. The van der Waals surface area contributed by atoms with Crippen LogP contribution < -0.4 is 5.32 Å². The van der Waals surface area contributed by atoms with Gasteiger partial charge in [-0.05, 0) is 28.0 Å². The second kappa shape index (κ2) is 7.48. The summed E-state index contributed by atoms with van der Waals surface area (Å²) in [5.74, 6) is -0.173. The van der Waals surface area contributed by atoms with Gasteiger partial charge in [-0.25, -0.2) is 0 Å². The number of hydrogen-bond acceptors (Lipinski definition) is 2. The van der Waals surface area contributed by atoms with Gasteiger partial charge in [0, 0.05) is 18.3 Å². The minimum Gasteiger partial charge on any atom is -0.357 e. The molecule has 3 aromatic rings. The molecule has 0 aromatic heterocycles. The zero-order chi connectivity index (χ0) is 20.6. The molecule has 0 fully saturated rings. The fourth-order valence-electron chi connectivity index (χ4n) is 3.88. The summed E-state index contributed by atoms with van der Waals surface area (Å²) in [5.41, 5.74) is 2.47. The summed E-state index contributed by atoms with van der Waals surface area (Å²) in [7, 11) is -1.45. The van der Waals surface area contributed by atoms with Crippen LogP contribution in [0.1, 0.15) is 27.5 Å². The third-order valence-electron chi connectivity index (χ3n) is 5.32. The number of carbonyl (C=O) groups excluding carboxylic acids is 2. The molecule has 29 heavy (non-hydrogen) atoms. The molecule has 3 aromatic carbocycles. The smallest absolute Gasteiger partial charge is 0.255 e. The van der Waals surface area contributed by atoms with Crippen molar-refractivity contribution in [2.24, 2.45) is 0 Å². The summed E-state index contributed by atoms with van der Waals surface area (Å²) < 4.78 is 0. The molecule has 2 amide bonds. The second-order valence-electron chi connectivity index (χ2n) is 8.84. The Hall–Kier alpha value is -2.92. The van der Waals surface area contributed by atoms with Crippen LogP contribution in [-0.2, 0) is 11.3 Å². The number of rotatable bonds is 5. The number of nitrogens with zero attached hydrogens (tertiary/aromatic N) is 1. The van der Waals surface area contributed by atoms with E-state index >= 15 is 0 Å². The van der Waals surface area contributed by atoms with Gasteiger partial charge in [0.25, 0.3) is 5.91 Å². The van der Waals surface area contributed by atoms with Gasteiger partial charge in [-0.15, -0.1) is 0 Å². The molecule has 0 spiro atoms. The van der Waals surface area contributed by atoms with Crippen LogP contribution in [0.5, 0.6) is 0 Å². The molecule has 1 aliphatic rings.